The van der Waals surface area contributed by atoms with Crippen molar-refractivity contribution in [2.24, 2.45) is 0 Å². The van der Waals surface area contributed by atoms with Crippen LogP contribution in [0.1, 0.15) is 12.5 Å². The monoisotopic (exact) mass is 170 g/mol. The van der Waals surface area contributed by atoms with Gasteiger partial charge in [-0.05, 0) is 31.2 Å². The normalized spacial score (nSPS) is 10.2. The molecule has 1 aromatic carbocycles. The van der Waals surface area contributed by atoms with Gasteiger partial charge in [-0.1, -0.05) is 0 Å². The van der Waals surface area contributed by atoms with Gasteiger partial charge in [0.25, 0.3) is 0 Å². The highest BCUT2D eigenvalue weighted by molar-refractivity contribution is 5.81. The molecule has 2 nitrogen and oxygen atoms in total. The van der Waals surface area contributed by atoms with Gasteiger partial charge in [0.05, 0.1) is 11.6 Å². The molecular weight excluding hydrogens is 160 g/mol. The maximum Gasteiger partial charge on any atom is 0.0991 e. The molecule has 13 heavy (non-hydrogen) atoms. The lowest BCUT2D eigenvalue weighted by atomic mass is 10.2. The highest BCUT2D eigenvalue weighted by atomic mass is 14.9. The summed E-state index contributed by atoms with van der Waals surface area (Å²) >= 11 is 0. The highest BCUT2D eigenvalue weighted by Crippen LogP contribution is 2.16. The minimum atomic E-state index is 0.723. The summed E-state index contributed by atoms with van der Waals surface area (Å²) in [6, 6.07) is 9.95. The highest BCUT2D eigenvalue weighted by Gasteiger charge is 1.99. The molecule has 0 saturated heterocycles. The second-order valence-electron chi connectivity index (χ2n) is 2.99. The van der Waals surface area contributed by atoms with Crippen molar-refractivity contribution >= 4 is 10.9 Å². The molecule has 1 heterocycles. The van der Waals surface area contributed by atoms with Gasteiger partial charge in [-0.25, -0.2) is 0 Å². The van der Waals surface area contributed by atoms with E-state index in [2.05, 4.69) is 17.6 Å². The summed E-state index contributed by atoms with van der Waals surface area (Å²) in [6.45, 7) is 3.08. The van der Waals surface area contributed by atoms with Crippen LogP contribution >= 0.6 is 0 Å². The number of rotatable bonds is 1. The van der Waals surface area contributed by atoms with E-state index in [1.54, 1.807) is 0 Å². The third kappa shape index (κ3) is 1.19. The van der Waals surface area contributed by atoms with E-state index in [0.29, 0.717) is 0 Å². The molecular formula is C11H10N2. The fourth-order valence-electron chi connectivity index (χ4n) is 1.55. The molecule has 0 radical (unpaired) electrons. The Kier molecular flexibility index (Phi) is 1.79. The van der Waals surface area contributed by atoms with Crippen molar-refractivity contribution in [1.29, 1.82) is 5.26 Å². The van der Waals surface area contributed by atoms with E-state index in [0.717, 1.165) is 17.5 Å². The number of nitrogens with zero attached hydrogens (tertiary/aromatic N) is 2. The molecule has 0 bridgehead atoms. The van der Waals surface area contributed by atoms with Crippen LogP contribution in [0.5, 0.6) is 0 Å². The molecule has 0 aliphatic heterocycles. The van der Waals surface area contributed by atoms with E-state index < -0.39 is 0 Å². The van der Waals surface area contributed by atoms with Crippen LogP contribution in [0.15, 0.2) is 30.5 Å². The maximum absolute atomic E-state index is 8.70. The van der Waals surface area contributed by atoms with Gasteiger partial charge in [-0.3, -0.25) is 0 Å². The third-order valence-corrected chi connectivity index (χ3v) is 2.24. The molecule has 2 heteroatoms. The van der Waals surface area contributed by atoms with Crippen LogP contribution in [0.4, 0.5) is 0 Å². The number of nitriles is 1. The lowest BCUT2D eigenvalue weighted by Gasteiger charge is -1.99. The van der Waals surface area contributed by atoms with Gasteiger partial charge in [0.2, 0.25) is 0 Å². The van der Waals surface area contributed by atoms with Crippen molar-refractivity contribution < 1.29 is 0 Å². The Morgan fingerprint density at radius 1 is 1.38 bits per heavy atom. The first kappa shape index (κ1) is 7.88. The molecule has 1 aromatic heterocycles. The van der Waals surface area contributed by atoms with Gasteiger partial charge in [-0.15, -0.1) is 0 Å². The summed E-state index contributed by atoms with van der Waals surface area (Å²) in [7, 11) is 0. The largest absolute Gasteiger partial charge is 0.348 e. The third-order valence-electron chi connectivity index (χ3n) is 2.24. The first-order valence-corrected chi connectivity index (χ1v) is 4.34. The molecule has 0 unspecified atom stereocenters. The van der Waals surface area contributed by atoms with Crippen molar-refractivity contribution in [2.75, 3.05) is 0 Å². The van der Waals surface area contributed by atoms with Crippen LogP contribution in [0, 0.1) is 11.3 Å². The van der Waals surface area contributed by atoms with Crippen LogP contribution < -0.4 is 0 Å². The van der Waals surface area contributed by atoms with E-state index in [4.69, 9.17) is 5.26 Å². The molecule has 0 saturated carbocycles. The van der Waals surface area contributed by atoms with Crippen LogP contribution in [-0.2, 0) is 6.54 Å². The van der Waals surface area contributed by atoms with Gasteiger partial charge in [-0.2, -0.15) is 5.26 Å². The fourth-order valence-corrected chi connectivity index (χ4v) is 1.55. The lowest BCUT2D eigenvalue weighted by Crippen LogP contribution is -1.89. The zero-order valence-electron chi connectivity index (χ0n) is 7.49. The Bertz CT molecular complexity index is 474. The van der Waals surface area contributed by atoms with Gasteiger partial charge in [0, 0.05) is 23.6 Å². The van der Waals surface area contributed by atoms with Crippen molar-refractivity contribution in [3.63, 3.8) is 0 Å². The zero-order valence-corrected chi connectivity index (χ0v) is 7.49. The second kappa shape index (κ2) is 2.95. The van der Waals surface area contributed by atoms with Crippen LogP contribution in [0.25, 0.3) is 10.9 Å². The number of aromatic nitrogens is 1. The van der Waals surface area contributed by atoms with E-state index in [9.17, 15) is 0 Å². The smallest absolute Gasteiger partial charge is 0.0991 e. The van der Waals surface area contributed by atoms with Crippen molar-refractivity contribution in [1.82, 2.24) is 4.57 Å². The second-order valence-corrected chi connectivity index (χ2v) is 2.99. The number of benzene rings is 1. The molecule has 0 N–H and O–H groups in total. The van der Waals surface area contributed by atoms with Gasteiger partial charge < -0.3 is 4.57 Å². The minimum Gasteiger partial charge on any atom is -0.348 e. The number of aryl methyl sites for hydroxylation is 1. The molecule has 0 fully saturated rings. The van der Waals surface area contributed by atoms with Crippen LogP contribution in [0.3, 0.4) is 0 Å². The summed E-state index contributed by atoms with van der Waals surface area (Å²) in [6.07, 6.45) is 2.05. The molecule has 0 aliphatic carbocycles. The maximum atomic E-state index is 8.70. The topological polar surface area (TPSA) is 28.7 Å². The Balaban J connectivity index is 2.70. The standard InChI is InChI=1S/C11H10N2/c1-2-13-6-5-10-7-9(8-12)3-4-11(10)13/h3-7H,2H2,1H3. The fraction of sp³-hybridized carbons (Fsp3) is 0.182. The summed E-state index contributed by atoms with van der Waals surface area (Å²) in [4.78, 5) is 0. The van der Waals surface area contributed by atoms with Crippen LogP contribution in [0.2, 0.25) is 0 Å². The first-order chi connectivity index (χ1) is 6.35. The average Bonchev–Trinajstić information content (AvgIpc) is 2.59. The molecule has 0 atom stereocenters. The quantitative estimate of drug-likeness (QED) is 0.646. The van der Waals surface area contributed by atoms with Crippen LogP contribution in [-0.4, -0.2) is 4.57 Å². The van der Waals surface area contributed by atoms with Gasteiger partial charge in [0.1, 0.15) is 0 Å². The lowest BCUT2D eigenvalue weighted by molar-refractivity contribution is 0.797. The summed E-state index contributed by atoms with van der Waals surface area (Å²) in [5, 5.41) is 9.84. The molecule has 0 spiro atoms. The van der Waals surface area contributed by atoms with Gasteiger partial charge >= 0.3 is 0 Å². The van der Waals surface area contributed by atoms with Crippen molar-refractivity contribution in [3.05, 3.63) is 36.0 Å². The zero-order chi connectivity index (χ0) is 9.26. The SMILES string of the molecule is CCn1ccc2cc(C#N)ccc21. The van der Waals surface area contributed by atoms with E-state index in [1.165, 1.54) is 5.52 Å². The average molecular weight is 170 g/mol. The molecule has 64 valence electrons. The first-order valence-electron chi connectivity index (χ1n) is 4.34. The number of hydrogen-bond acceptors (Lipinski definition) is 1. The Morgan fingerprint density at radius 2 is 2.23 bits per heavy atom. The molecule has 2 rings (SSSR count). The van der Waals surface area contributed by atoms with Crippen molar-refractivity contribution in [2.45, 2.75) is 13.5 Å². The number of hydrogen-bond donors (Lipinski definition) is 0. The summed E-state index contributed by atoms with van der Waals surface area (Å²) in [5.74, 6) is 0. The molecule has 2 aromatic rings. The summed E-state index contributed by atoms with van der Waals surface area (Å²) in [5.41, 5.74) is 1.92. The Hall–Kier alpha value is -1.75. The summed E-state index contributed by atoms with van der Waals surface area (Å²) < 4.78 is 2.16. The predicted octanol–water partition coefficient (Wildman–Crippen LogP) is 2.53. The van der Waals surface area contributed by atoms with E-state index in [-0.39, 0.29) is 0 Å². The Morgan fingerprint density at radius 3 is 2.92 bits per heavy atom. The van der Waals surface area contributed by atoms with E-state index in [1.807, 2.05) is 30.5 Å². The van der Waals surface area contributed by atoms with Crippen molar-refractivity contribution in [3.8, 4) is 6.07 Å². The van der Waals surface area contributed by atoms with Gasteiger partial charge in [0.15, 0.2) is 0 Å². The Labute approximate surface area is 77.0 Å². The predicted molar refractivity (Wildman–Crippen MR) is 52.3 cm³/mol. The minimum absolute atomic E-state index is 0.723. The number of fused-ring (bicyclic) bond motifs is 1. The molecule has 0 amide bonds. The molecule has 0 aliphatic rings. The van der Waals surface area contributed by atoms with E-state index >= 15 is 0 Å².